The minimum absolute atomic E-state index is 0.0315. The second-order valence-electron chi connectivity index (χ2n) is 3.58. The van der Waals surface area contributed by atoms with Crippen molar-refractivity contribution in [1.82, 2.24) is 14.8 Å². The maximum atomic E-state index is 10.5. The van der Waals surface area contributed by atoms with Gasteiger partial charge in [-0.25, -0.2) is 0 Å². The fraction of sp³-hybridized carbons (Fsp3) is 0.667. The first-order chi connectivity index (χ1) is 7.68. The molecule has 1 aliphatic heterocycles. The Balaban J connectivity index is 2.07. The smallest absolute Gasteiger partial charge is 0.313 e. The number of nitrogens with zero attached hydrogens (tertiary/aromatic N) is 3. The normalized spacial score (nSPS) is 20.2. The van der Waals surface area contributed by atoms with Crippen LogP contribution in [0.15, 0.2) is 5.16 Å². The summed E-state index contributed by atoms with van der Waals surface area (Å²) in [4.78, 5) is 10.5. The molecular formula is C9H13N3O2S2. The predicted molar refractivity (Wildman–Crippen MR) is 63.8 cm³/mol. The number of carboxylic acid groups (broad SMARTS) is 1. The number of rotatable bonds is 4. The van der Waals surface area contributed by atoms with Crippen molar-refractivity contribution in [3.05, 3.63) is 5.82 Å². The van der Waals surface area contributed by atoms with E-state index in [0.717, 1.165) is 12.2 Å². The molecule has 0 saturated carbocycles. The summed E-state index contributed by atoms with van der Waals surface area (Å²) < 4.78 is 1.91. The lowest BCUT2D eigenvalue weighted by molar-refractivity contribution is -0.133. The monoisotopic (exact) mass is 259 g/mol. The summed E-state index contributed by atoms with van der Waals surface area (Å²) in [7, 11) is 1.90. The van der Waals surface area contributed by atoms with Crippen molar-refractivity contribution in [2.45, 2.75) is 23.2 Å². The van der Waals surface area contributed by atoms with Gasteiger partial charge in [-0.15, -0.1) is 10.2 Å². The fourth-order valence-electron chi connectivity index (χ4n) is 1.64. The summed E-state index contributed by atoms with van der Waals surface area (Å²) in [6.07, 6.45) is 2.36. The average molecular weight is 259 g/mol. The van der Waals surface area contributed by atoms with E-state index < -0.39 is 5.97 Å². The molecule has 0 amide bonds. The largest absolute Gasteiger partial charge is 0.481 e. The van der Waals surface area contributed by atoms with Crippen LogP contribution in [0.1, 0.15) is 23.9 Å². The zero-order chi connectivity index (χ0) is 11.5. The number of aliphatic carboxylic acids is 1. The molecule has 7 heteroatoms. The molecule has 0 bridgehead atoms. The Labute approximate surface area is 102 Å². The minimum atomic E-state index is -0.829. The van der Waals surface area contributed by atoms with Crippen LogP contribution in [0.4, 0.5) is 0 Å². The summed E-state index contributed by atoms with van der Waals surface area (Å²) in [5.41, 5.74) is 0. The van der Waals surface area contributed by atoms with E-state index in [4.69, 9.17) is 5.11 Å². The standard InChI is InChI=1S/C9H13N3O2S2/c1-12-8(6-3-2-4-15-6)10-11-9(12)16-5-7(13)14/h6H,2-5H2,1H3,(H,13,14). The highest BCUT2D eigenvalue weighted by molar-refractivity contribution is 8.00. The Morgan fingerprint density at radius 3 is 3.12 bits per heavy atom. The van der Waals surface area contributed by atoms with Crippen LogP contribution in [0.2, 0.25) is 0 Å². The fourth-order valence-corrected chi connectivity index (χ4v) is 3.58. The van der Waals surface area contributed by atoms with Crippen LogP contribution in [0, 0.1) is 0 Å². The van der Waals surface area contributed by atoms with Crippen molar-refractivity contribution in [3.63, 3.8) is 0 Å². The van der Waals surface area contributed by atoms with E-state index in [1.54, 1.807) is 0 Å². The SMILES string of the molecule is Cn1c(SCC(=O)O)nnc1C1CCCS1. The van der Waals surface area contributed by atoms with E-state index in [1.165, 1.54) is 23.9 Å². The number of thioether (sulfide) groups is 2. The first-order valence-electron chi connectivity index (χ1n) is 5.04. The van der Waals surface area contributed by atoms with Crippen LogP contribution in [-0.2, 0) is 11.8 Å². The van der Waals surface area contributed by atoms with Gasteiger partial charge in [0.1, 0.15) is 5.82 Å². The third kappa shape index (κ3) is 2.52. The Bertz CT molecular complexity index is 388. The van der Waals surface area contributed by atoms with E-state index in [2.05, 4.69) is 10.2 Å². The molecule has 1 aliphatic rings. The molecule has 0 radical (unpaired) electrons. The van der Waals surface area contributed by atoms with Gasteiger partial charge in [0.05, 0.1) is 11.0 Å². The van der Waals surface area contributed by atoms with Crippen LogP contribution in [0.5, 0.6) is 0 Å². The molecule has 16 heavy (non-hydrogen) atoms. The topological polar surface area (TPSA) is 68.0 Å². The third-order valence-electron chi connectivity index (χ3n) is 2.41. The van der Waals surface area contributed by atoms with Gasteiger partial charge in [-0.2, -0.15) is 11.8 Å². The first kappa shape index (κ1) is 11.8. The quantitative estimate of drug-likeness (QED) is 0.828. The highest BCUT2D eigenvalue weighted by Crippen LogP contribution is 2.39. The summed E-state index contributed by atoms with van der Waals surface area (Å²) in [6, 6.07) is 0. The Morgan fingerprint density at radius 2 is 2.50 bits per heavy atom. The molecule has 5 nitrogen and oxygen atoms in total. The van der Waals surface area contributed by atoms with Gasteiger partial charge in [-0.1, -0.05) is 11.8 Å². The Hall–Kier alpha value is -0.690. The van der Waals surface area contributed by atoms with Crippen LogP contribution >= 0.6 is 23.5 Å². The zero-order valence-corrected chi connectivity index (χ0v) is 10.6. The van der Waals surface area contributed by atoms with Crippen molar-refractivity contribution < 1.29 is 9.90 Å². The second-order valence-corrected chi connectivity index (χ2v) is 5.84. The van der Waals surface area contributed by atoms with Crippen LogP contribution < -0.4 is 0 Å². The van der Waals surface area contributed by atoms with Crippen LogP contribution in [-0.4, -0.2) is 37.3 Å². The van der Waals surface area contributed by atoms with Gasteiger partial charge >= 0.3 is 5.97 Å². The van der Waals surface area contributed by atoms with Gasteiger partial charge in [0, 0.05) is 7.05 Å². The molecule has 1 saturated heterocycles. The molecule has 1 atom stereocenters. The lowest BCUT2D eigenvalue weighted by atomic mass is 10.2. The molecule has 1 fully saturated rings. The molecule has 2 heterocycles. The van der Waals surface area contributed by atoms with Gasteiger partial charge in [-0.05, 0) is 18.6 Å². The zero-order valence-electron chi connectivity index (χ0n) is 8.92. The number of carboxylic acids is 1. The van der Waals surface area contributed by atoms with Crippen LogP contribution in [0.3, 0.4) is 0 Å². The number of aromatic nitrogens is 3. The molecule has 1 N–H and O–H groups in total. The van der Waals surface area contributed by atoms with Crippen LogP contribution in [0.25, 0.3) is 0 Å². The summed E-state index contributed by atoms with van der Waals surface area (Å²) in [6.45, 7) is 0. The molecule has 1 aromatic heterocycles. The molecule has 2 rings (SSSR count). The Kier molecular flexibility index (Phi) is 3.75. The number of hydrogen-bond acceptors (Lipinski definition) is 5. The third-order valence-corrected chi connectivity index (χ3v) is 4.79. The molecule has 1 unspecified atom stereocenters. The average Bonchev–Trinajstić information content (AvgIpc) is 2.84. The lowest BCUT2D eigenvalue weighted by Gasteiger charge is -2.07. The molecule has 0 aliphatic carbocycles. The van der Waals surface area contributed by atoms with Gasteiger partial charge in [0.2, 0.25) is 0 Å². The summed E-state index contributed by atoms with van der Waals surface area (Å²) in [5, 5.41) is 17.9. The van der Waals surface area contributed by atoms with Crippen molar-refractivity contribution >= 4 is 29.5 Å². The molecule has 0 spiro atoms. The Morgan fingerprint density at radius 1 is 1.69 bits per heavy atom. The van der Waals surface area contributed by atoms with E-state index in [-0.39, 0.29) is 5.75 Å². The van der Waals surface area contributed by atoms with Gasteiger partial charge < -0.3 is 9.67 Å². The van der Waals surface area contributed by atoms with Gasteiger partial charge in [0.25, 0.3) is 0 Å². The van der Waals surface area contributed by atoms with Gasteiger partial charge in [0.15, 0.2) is 5.16 Å². The van der Waals surface area contributed by atoms with Crippen molar-refractivity contribution in [3.8, 4) is 0 Å². The minimum Gasteiger partial charge on any atom is -0.481 e. The maximum absolute atomic E-state index is 10.5. The van der Waals surface area contributed by atoms with E-state index in [9.17, 15) is 4.79 Å². The summed E-state index contributed by atoms with van der Waals surface area (Å²) >= 11 is 3.11. The molecule has 0 aromatic carbocycles. The first-order valence-corrected chi connectivity index (χ1v) is 7.07. The number of carbonyl (C=O) groups is 1. The molecule has 1 aromatic rings. The molecular weight excluding hydrogens is 246 g/mol. The lowest BCUT2D eigenvalue weighted by Crippen LogP contribution is -2.03. The highest BCUT2D eigenvalue weighted by atomic mass is 32.2. The maximum Gasteiger partial charge on any atom is 0.313 e. The van der Waals surface area contributed by atoms with Crippen molar-refractivity contribution in [1.29, 1.82) is 0 Å². The highest BCUT2D eigenvalue weighted by Gasteiger charge is 2.23. The van der Waals surface area contributed by atoms with Crippen molar-refractivity contribution in [2.24, 2.45) is 7.05 Å². The van der Waals surface area contributed by atoms with Gasteiger partial charge in [-0.3, -0.25) is 4.79 Å². The second kappa shape index (κ2) is 5.09. The van der Waals surface area contributed by atoms with E-state index in [0.29, 0.717) is 10.4 Å². The summed E-state index contributed by atoms with van der Waals surface area (Å²) in [5.74, 6) is 1.35. The van der Waals surface area contributed by atoms with Crippen molar-refractivity contribution in [2.75, 3.05) is 11.5 Å². The van der Waals surface area contributed by atoms with E-state index in [1.807, 2.05) is 23.4 Å². The number of hydrogen-bond donors (Lipinski definition) is 1. The molecule has 88 valence electrons. The predicted octanol–water partition coefficient (Wildman–Crippen LogP) is 1.56. The van der Waals surface area contributed by atoms with E-state index >= 15 is 0 Å².